The van der Waals surface area contributed by atoms with Crippen molar-refractivity contribution in [1.82, 2.24) is 9.21 Å². The average Bonchev–Trinajstić information content (AvgIpc) is 3.36. The Hall–Kier alpha value is -2.79. The van der Waals surface area contributed by atoms with Crippen molar-refractivity contribution in [3.63, 3.8) is 0 Å². The molecule has 0 saturated heterocycles. The molecule has 1 atom stereocenters. The maximum atomic E-state index is 13.7. The van der Waals surface area contributed by atoms with Gasteiger partial charge in [-0.25, -0.2) is 12.8 Å². The van der Waals surface area contributed by atoms with E-state index in [1.165, 1.54) is 21.3 Å². The van der Waals surface area contributed by atoms with Crippen LogP contribution >= 0.6 is 11.3 Å². The van der Waals surface area contributed by atoms with Crippen LogP contribution in [-0.4, -0.2) is 63.5 Å². The van der Waals surface area contributed by atoms with E-state index in [0.717, 1.165) is 11.1 Å². The second kappa shape index (κ2) is 12.2. The molecule has 0 N–H and O–H groups in total. The van der Waals surface area contributed by atoms with E-state index in [1.807, 2.05) is 18.4 Å². The number of carbonyl (C=O) groups excluding carboxylic acids is 1. The second-order valence-corrected chi connectivity index (χ2v) is 11.9. The summed E-state index contributed by atoms with van der Waals surface area (Å²) in [6.45, 7) is 2.69. The van der Waals surface area contributed by atoms with Crippen molar-refractivity contribution in [2.45, 2.75) is 30.7 Å². The Labute approximate surface area is 221 Å². The number of nitrogens with zero attached hydrogens (tertiary/aromatic N) is 2. The van der Waals surface area contributed by atoms with Gasteiger partial charge in [-0.2, -0.15) is 4.31 Å². The van der Waals surface area contributed by atoms with E-state index >= 15 is 0 Å². The van der Waals surface area contributed by atoms with Crippen molar-refractivity contribution < 1.29 is 27.1 Å². The maximum Gasteiger partial charge on any atom is 0.243 e. The van der Waals surface area contributed by atoms with Gasteiger partial charge in [-0.05, 0) is 61.0 Å². The molecule has 2 heterocycles. The first-order valence-corrected chi connectivity index (χ1v) is 14.4. The van der Waals surface area contributed by atoms with Gasteiger partial charge in [-0.15, -0.1) is 11.3 Å². The zero-order valence-corrected chi connectivity index (χ0v) is 22.6. The first-order chi connectivity index (χ1) is 17.8. The fourth-order valence-electron chi connectivity index (χ4n) is 4.38. The second-order valence-electron chi connectivity index (χ2n) is 8.92. The Morgan fingerprint density at radius 1 is 1.19 bits per heavy atom. The third-order valence-corrected chi connectivity index (χ3v) is 9.20. The molecular weight excluding hydrogens is 515 g/mol. The Balaban J connectivity index is 1.56. The van der Waals surface area contributed by atoms with Crippen LogP contribution in [0.1, 0.15) is 28.5 Å². The summed E-state index contributed by atoms with van der Waals surface area (Å²) in [5.74, 6) is -0.339. The number of aryl methyl sites for hydroxylation is 1. The number of sulfonamides is 1. The summed E-state index contributed by atoms with van der Waals surface area (Å²) in [7, 11) is -2.34. The van der Waals surface area contributed by atoms with Gasteiger partial charge in [0.1, 0.15) is 18.2 Å². The number of benzene rings is 2. The number of amides is 1. The third-order valence-electron chi connectivity index (χ3n) is 6.35. The standard InChI is InChI=1S/C27H31FN2O5S2/c1-20-7-9-23(10-8-20)37(32,33)29(13-4-15-34-2)18-27(31)30-14-11-26-24(12-16-36-26)25(30)19-35-22-6-3-5-21(28)17-22/h3,5-10,12,16-17,25H,4,11,13-15,18-19H2,1-2H3/t25-/m0/s1. The summed E-state index contributed by atoms with van der Waals surface area (Å²) in [6, 6.07) is 14.0. The molecule has 198 valence electrons. The number of hydrogen-bond donors (Lipinski definition) is 0. The number of halogens is 1. The van der Waals surface area contributed by atoms with Crippen LogP contribution in [0.3, 0.4) is 0 Å². The van der Waals surface area contributed by atoms with Crippen LogP contribution in [0.25, 0.3) is 0 Å². The van der Waals surface area contributed by atoms with E-state index in [-0.39, 0.29) is 30.5 Å². The Morgan fingerprint density at radius 3 is 2.70 bits per heavy atom. The molecular formula is C27H31FN2O5S2. The van der Waals surface area contributed by atoms with Crippen LogP contribution in [0.4, 0.5) is 4.39 Å². The summed E-state index contributed by atoms with van der Waals surface area (Å²) >= 11 is 1.62. The normalized spacial score (nSPS) is 15.6. The lowest BCUT2D eigenvalue weighted by Crippen LogP contribution is -2.48. The molecule has 2 aromatic carbocycles. The predicted octanol–water partition coefficient (Wildman–Crippen LogP) is 4.43. The molecule has 37 heavy (non-hydrogen) atoms. The van der Waals surface area contributed by atoms with Crippen molar-refractivity contribution in [2.75, 3.05) is 40.0 Å². The minimum atomic E-state index is -3.90. The molecule has 0 saturated carbocycles. The number of hydrogen-bond acceptors (Lipinski definition) is 6. The molecule has 0 aliphatic carbocycles. The highest BCUT2D eigenvalue weighted by Gasteiger charge is 2.35. The van der Waals surface area contributed by atoms with Crippen LogP contribution in [0.2, 0.25) is 0 Å². The molecule has 0 radical (unpaired) electrons. The zero-order valence-electron chi connectivity index (χ0n) is 20.9. The average molecular weight is 547 g/mol. The Kier molecular flexibility index (Phi) is 8.96. The van der Waals surface area contributed by atoms with Gasteiger partial charge >= 0.3 is 0 Å². The van der Waals surface area contributed by atoms with E-state index in [1.54, 1.807) is 59.7 Å². The van der Waals surface area contributed by atoms with Crippen molar-refractivity contribution in [1.29, 1.82) is 0 Å². The molecule has 0 unspecified atom stereocenters. The number of thiophene rings is 1. The largest absolute Gasteiger partial charge is 0.491 e. The lowest BCUT2D eigenvalue weighted by molar-refractivity contribution is -0.135. The van der Waals surface area contributed by atoms with Gasteiger partial charge in [0.2, 0.25) is 15.9 Å². The van der Waals surface area contributed by atoms with Crippen LogP contribution in [0, 0.1) is 12.7 Å². The summed E-state index contributed by atoms with van der Waals surface area (Å²) < 4.78 is 52.9. The molecule has 7 nitrogen and oxygen atoms in total. The van der Waals surface area contributed by atoms with Gasteiger partial charge in [0.25, 0.3) is 0 Å². The van der Waals surface area contributed by atoms with Gasteiger partial charge in [0.15, 0.2) is 0 Å². The van der Waals surface area contributed by atoms with Crippen molar-refractivity contribution in [3.8, 4) is 5.75 Å². The minimum Gasteiger partial charge on any atom is -0.491 e. The van der Waals surface area contributed by atoms with Crippen LogP contribution in [0.5, 0.6) is 5.75 Å². The van der Waals surface area contributed by atoms with E-state index in [4.69, 9.17) is 9.47 Å². The van der Waals surface area contributed by atoms with Crippen LogP contribution in [-0.2, 0) is 26.0 Å². The Morgan fingerprint density at radius 2 is 1.97 bits per heavy atom. The number of ether oxygens (including phenoxy) is 2. The highest BCUT2D eigenvalue weighted by Crippen LogP contribution is 2.34. The quantitative estimate of drug-likeness (QED) is 0.333. The first-order valence-electron chi connectivity index (χ1n) is 12.1. The van der Waals surface area contributed by atoms with Gasteiger partial charge in [0, 0.05) is 37.7 Å². The van der Waals surface area contributed by atoms with Gasteiger partial charge < -0.3 is 14.4 Å². The highest BCUT2D eigenvalue weighted by atomic mass is 32.2. The van der Waals surface area contributed by atoms with E-state index in [2.05, 4.69) is 0 Å². The smallest absolute Gasteiger partial charge is 0.243 e. The van der Waals surface area contributed by atoms with Crippen molar-refractivity contribution in [2.24, 2.45) is 0 Å². The van der Waals surface area contributed by atoms with Crippen LogP contribution in [0.15, 0.2) is 64.9 Å². The lowest BCUT2D eigenvalue weighted by atomic mass is 10.0. The number of rotatable bonds is 11. The zero-order chi connectivity index (χ0) is 26.4. The van der Waals surface area contributed by atoms with E-state index in [9.17, 15) is 17.6 Å². The van der Waals surface area contributed by atoms with Crippen molar-refractivity contribution >= 4 is 27.3 Å². The van der Waals surface area contributed by atoms with E-state index in [0.29, 0.717) is 31.7 Å². The molecule has 10 heteroatoms. The SMILES string of the molecule is COCCCN(CC(=O)N1CCc2sccc2[C@@H]1COc1cccc(F)c1)S(=O)(=O)c1ccc(C)cc1. The fraction of sp³-hybridized carbons (Fsp3) is 0.370. The summed E-state index contributed by atoms with van der Waals surface area (Å²) in [5.41, 5.74) is 1.93. The summed E-state index contributed by atoms with van der Waals surface area (Å²) in [4.78, 5) is 16.7. The molecule has 4 rings (SSSR count). The van der Waals surface area contributed by atoms with Crippen molar-refractivity contribution in [3.05, 3.63) is 81.8 Å². The predicted molar refractivity (Wildman–Crippen MR) is 141 cm³/mol. The van der Waals surface area contributed by atoms with Gasteiger partial charge in [-0.3, -0.25) is 4.79 Å². The molecule has 3 aromatic rings. The molecule has 1 aliphatic heterocycles. The minimum absolute atomic E-state index is 0.132. The van der Waals surface area contributed by atoms with Gasteiger partial charge in [-0.1, -0.05) is 23.8 Å². The first kappa shape index (κ1) is 27.3. The monoisotopic (exact) mass is 546 g/mol. The van der Waals surface area contributed by atoms with E-state index < -0.39 is 21.9 Å². The lowest BCUT2D eigenvalue weighted by Gasteiger charge is -2.37. The topological polar surface area (TPSA) is 76.2 Å². The summed E-state index contributed by atoms with van der Waals surface area (Å²) in [6.07, 6.45) is 1.14. The van der Waals surface area contributed by atoms with Crippen LogP contribution < -0.4 is 4.74 Å². The highest BCUT2D eigenvalue weighted by molar-refractivity contribution is 7.89. The fourth-order valence-corrected chi connectivity index (χ4v) is 6.73. The number of fused-ring (bicyclic) bond motifs is 1. The maximum absolute atomic E-state index is 13.7. The number of carbonyl (C=O) groups is 1. The summed E-state index contributed by atoms with van der Waals surface area (Å²) in [5, 5.41) is 1.98. The Bertz CT molecular complexity index is 1310. The molecule has 0 fully saturated rings. The molecule has 0 spiro atoms. The molecule has 1 amide bonds. The van der Waals surface area contributed by atoms with Gasteiger partial charge in [0.05, 0.1) is 17.5 Å². The molecule has 1 aromatic heterocycles. The molecule has 1 aliphatic rings. The third kappa shape index (κ3) is 6.56. The number of methoxy groups -OCH3 is 1. The molecule has 0 bridgehead atoms.